The van der Waals surface area contributed by atoms with Crippen LogP contribution in [0.15, 0.2) is 12.1 Å². The number of aliphatic hydroxyl groups is 1. The van der Waals surface area contributed by atoms with Crippen molar-refractivity contribution in [1.29, 1.82) is 5.26 Å². The van der Waals surface area contributed by atoms with Crippen LogP contribution in [0.4, 0.5) is 0 Å². The van der Waals surface area contributed by atoms with Gasteiger partial charge in [-0.25, -0.2) is 0 Å². The summed E-state index contributed by atoms with van der Waals surface area (Å²) in [5, 5.41) is 19.0. The first kappa shape index (κ1) is 16.6. The second-order valence-electron chi connectivity index (χ2n) is 4.30. The van der Waals surface area contributed by atoms with Gasteiger partial charge in [0.1, 0.15) is 0 Å². The van der Waals surface area contributed by atoms with Gasteiger partial charge >= 0.3 is 0 Å². The molecule has 1 aromatic carbocycles. The van der Waals surface area contributed by atoms with Crippen LogP contribution in [0.3, 0.4) is 0 Å². The maximum Gasteiger partial charge on any atom is 0.179 e. The third kappa shape index (κ3) is 3.54. The Morgan fingerprint density at radius 3 is 2.35 bits per heavy atom. The summed E-state index contributed by atoms with van der Waals surface area (Å²) in [5.74, 6) is 0.821. The number of hydrogen-bond acceptors (Lipinski definition) is 5. The number of nitriles is 1. The maximum atomic E-state index is 9.45. The van der Waals surface area contributed by atoms with Crippen LogP contribution < -0.4 is 9.47 Å². The summed E-state index contributed by atoms with van der Waals surface area (Å²) in [7, 11) is 2.97. The third-order valence-corrected chi connectivity index (χ3v) is 3.33. The van der Waals surface area contributed by atoms with Gasteiger partial charge in [-0.1, -0.05) is 11.6 Å². The van der Waals surface area contributed by atoms with E-state index in [1.807, 2.05) is 6.07 Å². The lowest BCUT2D eigenvalue weighted by Gasteiger charge is -2.21. The fourth-order valence-electron chi connectivity index (χ4n) is 1.61. The zero-order valence-electron chi connectivity index (χ0n) is 11.9. The Morgan fingerprint density at radius 1 is 1.25 bits per heavy atom. The van der Waals surface area contributed by atoms with E-state index >= 15 is 0 Å². The topological polar surface area (TPSA) is 71.7 Å². The summed E-state index contributed by atoms with van der Waals surface area (Å²) >= 11 is 6.23. The van der Waals surface area contributed by atoms with Crippen molar-refractivity contribution in [3.05, 3.63) is 22.7 Å². The minimum atomic E-state index is -0.896. The van der Waals surface area contributed by atoms with Crippen molar-refractivity contribution in [2.75, 3.05) is 14.2 Å². The van der Waals surface area contributed by atoms with Crippen LogP contribution >= 0.6 is 11.6 Å². The Hall–Kier alpha value is -1.48. The van der Waals surface area contributed by atoms with E-state index in [9.17, 15) is 10.4 Å². The molecule has 0 aromatic heterocycles. The molecule has 0 bridgehead atoms. The summed E-state index contributed by atoms with van der Waals surface area (Å²) in [5.41, 5.74) is 0.472. The highest BCUT2D eigenvalue weighted by molar-refractivity contribution is 6.33. The molecule has 0 amide bonds. The van der Waals surface area contributed by atoms with Crippen molar-refractivity contribution < 1.29 is 19.3 Å². The minimum Gasteiger partial charge on any atom is -0.493 e. The van der Waals surface area contributed by atoms with Crippen LogP contribution in [-0.4, -0.2) is 31.5 Å². The van der Waals surface area contributed by atoms with Crippen LogP contribution in [0.5, 0.6) is 11.5 Å². The molecule has 6 heteroatoms. The molecule has 0 aliphatic heterocycles. The summed E-state index contributed by atoms with van der Waals surface area (Å²) in [6.45, 7) is 3.28. The van der Waals surface area contributed by atoms with Crippen LogP contribution in [-0.2, 0) is 4.74 Å². The lowest BCUT2D eigenvalue weighted by molar-refractivity contribution is -0.0426. The monoisotopic (exact) mass is 299 g/mol. The van der Waals surface area contributed by atoms with Gasteiger partial charge in [-0.3, -0.25) is 0 Å². The second-order valence-corrected chi connectivity index (χ2v) is 4.67. The molecule has 0 saturated carbocycles. The van der Waals surface area contributed by atoms with Crippen molar-refractivity contribution in [1.82, 2.24) is 0 Å². The molecule has 3 unspecified atom stereocenters. The number of nitrogens with zero attached hydrogens (tertiary/aromatic N) is 1. The Labute approximate surface area is 123 Å². The molecule has 0 spiro atoms. The van der Waals surface area contributed by atoms with E-state index in [-0.39, 0.29) is 5.02 Å². The molecule has 0 fully saturated rings. The number of rotatable bonds is 6. The average Bonchev–Trinajstić information content (AvgIpc) is 2.44. The van der Waals surface area contributed by atoms with Crippen LogP contribution in [0.25, 0.3) is 0 Å². The molecule has 0 radical (unpaired) electrons. The predicted octanol–water partition coefficient (Wildman–Crippen LogP) is 2.71. The van der Waals surface area contributed by atoms with Crippen molar-refractivity contribution in [3.63, 3.8) is 0 Å². The van der Waals surface area contributed by atoms with Gasteiger partial charge in [0.2, 0.25) is 0 Å². The van der Waals surface area contributed by atoms with Crippen molar-refractivity contribution in [2.45, 2.75) is 32.2 Å². The number of benzene rings is 1. The van der Waals surface area contributed by atoms with Crippen molar-refractivity contribution in [2.24, 2.45) is 0 Å². The second kappa shape index (κ2) is 7.34. The lowest BCUT2D eigenvalue weighted by Crippen LogP contribution is -2.24. The van der Waals surface area contributed by atoms with Gasteiger partial charge in [-0.05, 0) is 26.0 Å². The molecular formula is C14H18ClNO4. The van der Waals surface area contributed by atoms with E-state index < -0.39 is 18.3 Å². The van der Waals surface area contributed by atoms with Crippen molar-refractivity contribution in [3.8, 4) is 17.6 Å². The van der Waals surface area contributed by atoms with Crippen LogP contribution in [0.1, 0.15) is 25.5 Å². The smallest absolute Gasteiger partial charge is 0.179 e. The molecule has 1 rings (SSSR count). The highest BCUT2D eigenvalue weighted by Gasteiger charge is 2.23. The summed E-state index contributed by atoms with van der Waals surface area (Å²) in [6.07, 6.45) is -2.08. The number of methoxy groups -OCH3 is 2. The Morgan fingerprint density at radius 2 is 1.90 bits per heavy atom. The first-order valence-electron chi connectivity index (χ1n) is 6.09. The first-order valence-corrected chi connectivity index (χ1v) is 6.47. The fraction of sp³-hybridized carbons (Fsp3) is 0.500. The Balaban J connectivity index is 3.14. The normalized spacial score (nSPS) is 15.1. The number of halogens is 1. The minimum absolute atomic E-state index is 0.260. The van der Waals surface area contributed by atoms with E-state index in [4.69, 9.17) is 25.8 Å². The molecule has 0 saturated heterocycles. The summed E-state index contributed by atoms with van der Waals surface area (Å²) in [4.78, 5) is 0. The van der Waals surface area contributed by atoms with Crippen LogP contribution in [0, 0.1) is 11.3 Å². The molecule has 1 N–H and O–H groups in total. The highest BCUT2D eigenvalue weighted by atomic mass is 35.5. The van der Waals surface area contributed by atoms with E-state index in [1.165, 1.54) is 14.2 Å². The molecule has 3 atom stereocenters. The van der Waals surface area contributed by atoms with Gasteiger partial charge < -0.3 is 19.3 Å². The molecular weight excluding hydrogens is 282 g/mol. The Bertz CT molecular complexity index is 499. The summed E-state index contributed by atoms with van der Waals surface area (Å²) in [6, 6.07) is 5.32. The highest BCUT2D eigenvalue weighted by Crippen LogP contribution is 2.40. The predicted molar refractivity (Wildman–Crippen MR) is 75.1 cm³/mol. The van der Waals surface area contributed by atoms with Gasteiger partial charge in [0, 0.05) is 5.56 Å². The molecule has 0 aliphatic rings. The quantitative estimate of drug-likeness (QED) is 0.874. The molecule has 20 heavy (non-hydrogen) atoms. The Kier molecular flexibility index (Phi) is 6.08. The van der Waals surface area contributed by atoms with Crippen molar-refractivity contribution >= 4 is 11.6 Å². The average molecular weight is 300 g/mol. The van der Waals surface area contributed by atoms with E-state index in [1.54, 1.807) is 26.0 Å². The lowest BCUT2D eigenvalue weighted by atomic mass is 10.1. The van der Waals surface area contributed by atoms with Gasteiger partial charge in [0.25, 0.3) is 0 Å². The molecule has 1 aromatic rings. The standard InChI is InChI=1S/C14H18ClNO4/c1-8(17)9(2)20-12(7-16)10-5-6-11(18-3)14(19-4)13(10)15/h5-6,8-9,12,17H,1-4H3. The van der Waals surface area contributed by atoms with Gasteiger partial charge in [-0.2, -0.15) is 5.26 Å². The van der Waals surface area contributed by atoms with E-state index in [0.717, 1.165) is 0 Å². The third-order valence-electron chi connectivity index (χ3n) is 2.94. The van der Waals surface area contributed by atoms with E-state index in [2.05, 4.69) is 0 Å². The molecule has 0 heterocycles. The first-order chi connectivity index (χ1) is 9.46. The SMILES string of the molecule is COc1ccc(C(C#N)OC(C)C(C)O)c(Cl)c1OC. The zero-order valence-corrected chi connectivity index (χ0v) is 12.6. The summed E-state index contributed by atoms with van der Waals surface area (Å²) < 4.78 is 15.8. The van der Waals surface area contributed by atoms with Gasteiger partial charge in [-0.15, -0.1) is 0 Å². The van der Waals surface area contributed by atoms with Gasteiger partial charge in [0.05, 0.1) is 37.5 Å². The fourth-order valence-corrected chi connectivity index (χ4v) is 1.94. The number of aliphatic hydroxyl groups excluding tert-OH is 1. The molecule has 0 aliphatic carbocycles. The van der Waals surface area contributed by atoms with Gasteiger partial charge in [0.15, 0.2) is 17.6 Å². The largest absolute Gasteiger partial charge is 0.493 e. The molecule has 110 valence electrons. The number of hydrogen-bond donors (Lipinski definition) is 1. The number of ether oxygens (including phenoxy) is 3. The van der Waals surface area contributed by atoms with E-state index in [0.29, 0.717) is 17.1 Å². The zero-order chi connectivity index (χ0) is 15.3. The van der Waals surface area contributed by atoms with Crippen LogP contribution in [0.2, 0.25) is 5.02 Å². The molecule has 5 nitrogen and oxygen atoms in total. The maximum absolute atomic E-state index is 9.45.